The molecule has 0 radical (unpaired) electrons. The van der Waals surface area contributed by atoms with Crippen molar-refractivity contribution >= 4 is 15.4 Å². The van der Waals surface area contributed by atoms with Crippen molar-refractivity contribution in [1.82, 2.24) is 0 Å². The molecule has 0 aromatic rings. The van der Waals surface area contributed by atoms with Crippen molar-refractivity contribution in [2.24, 2.45) is 5.41 Å². The van der Waals surface area contributed by atoms with E-state index in [1.807, 2.05) is 0 Å². The second kappa shape index (κ2) is 5.12. The number of phosphoric acid groups is 1. The quantitative estimate of drug-likeness (QED) is 0.772. The van der Waals surface area contributed by atoms with Crippen molar-refractivity contribution in [3.63, 3.8) is 0 Å². The molecule has 0 rings (SSSR count). The summed E-state index contributed by atoms with van der Waals surface area (Å²) < 4.78 is 32.3. The third kappa shape index (κ3) is 9.95. The van der Waals surface area contributed by atoms with Crippen molar-refractivity contribution in [1.29, 1.82) is 0 Å². The van der Waals surface area contributed by atoms with E-state index in [1.165, 1.54) is 0 Å². The average Bonchev–Trinajstić information content (AvgIpc) is 1.65. The molecule has 0 aromatic heterocycles. The molecular weight excluding hydrogens is 266 g/mol. The highest BCUT2D eigenvalue weighted by atomic mass is 31.3. The number of rotatable bonds is 4. The first-order chi connectivity index (χ1) is 7.12. The molecule has 0 amide bonds. The van der Waals surface area contributed by atoms with Crippen LogP contribution in [0.15, 0.2) is 0 Å². The lowest BCUT2D eigenvalue weighted by molar-refractivity contribution is 0.0826. The van der Waals surface area contributed by atoms with E-state index in [0.29, 0.717) is 0 Å². The molecule has 8 heteroatoms. The Morgan fingerprint density at radius 3 is 1.71 bits per heavy atom. The van der Waals surface area contributed by atoms with Crippen LogP contribution in [0.25, 0.3) is 0 Å². The van der Waals surface area contributed by atoms with Gasteiger partial charge in [-0.1, -0.05) is 20.8 Å². The Labute approximate surface area is 102 Å². The van der Waals surface area contributed by atoms with E-state index in [4.69, 9.17) is 4.52 Å². The second-order valence-electron chi connectivity index (χ2n) is 6.11. The van der Waals surface area contributed by atoms with Gasteiger partial charge in [0.25, 0.3) is 0 Å². The van der Waals surface area contributed by atoms with Crippen molar-refractivity contribution in [2.75, 3.05) is 6.16 Å². The van der Waals surface area contributed by atoms with Crippen LogP contribution >= 0.6 is 15.4 Å². The van der Waals surface area contributed by atoms with Gasteiger partial charge in [0.05, 0.1) is 11.8 Å². The van der Waals surface area contributed by atoms with Gasteiger partial charge < -0.3 is 9.79 Å². The first-order valence-electron chi connectivity index (χ1n) is 5.19. The molecule has 0 aliphatic rings. The van der Waals surface area contributed by atoms with E-state index in [2.05, 4.69) is 4.31 Å². The van der Waals surface area contributed by atoms with Crippen LogP contribution < -0.4 is 0 Å². The Hall–Kier alpha value is 0.300. The van der Waals surface area contributed by atoms with Crippen LogP contribution in [0.3, 0.4) is 0 Å². The number of hydrogen-bond acceptors (Lipinski definition) is 4. The first kappa shape index (κ1) is 17.3. The number of phosphoric ester groups is 1. The van der Waals surface area contributed by atoms with Gasteiger partial charge in [-0.25, -0.2) is 8.88 Å². The van der Waals surface area contributed by atoms with Gasteiger partial charge in [-0.05, 0) is 26.2 Å². The van der Waals surface area contributed by atoms with Crippen LogP contribution in [-0.4, -0.2) is 21.5 Å². The topological polar surface area (TPSA) is 93.1 Å². The molecule has 0 aromatic carbocycles. The summed E-state index contributed by atoms with van der Waals surface area (Å²) in [4.78, 5) is 18.9. The molecule has 0 saturated heterocycles. The van der Waals surface area contributed by atoms with E-state index in [9.17, 15) is 18.9 Å². The summed E-state index contributed by atoms with van der Waals surface area (Å²) in [6.45, 7) is 9.83. The van der Waals surface area contributed by atoms with Gasteiger partial charge in [0.2, 0.25) is 0 Å². The van der Waals surface area contributed by atoms with Crippen molar-refractivity contribution in [2.45, 2.75) is 47.1 Å². The zero-order chi connectivity index (χ0) is 14.1. The molecule has 0 saturated carbocycles. The second-order valence-corrected chi connectivity index (χ2v) is 9.47. The summed E-state index contributed by atoms with van der Waals surface area (Å²) in [7, 11) is -8.69. The zero-order valence-corrected chi connectivity index (χ0v) is 12.9. The monoisotopic (exact) mass is 288 g/mol. The molecule has 2 unspecified atom stereocenters. The Balaban J connectivity index is 4.72. The molecule has 0 fully saturated rings. The van der Waals surface area contributed by atoms with Crippen LogP contribution in [0.2, 0.25) is 0 Å². The highest BCUT2D eigenvalue weighted by molar-refractivity contribution is 7.64. The predicted octanol–water partition coefficient (Wildman–Crippen LogP) is 3.15. The fourth-order valence-corrected chi connectivity index (χ4v) is 4.70. The third-order valence-corrected chi connectivity index (χ3v) is 5.27. The van der Waals surface area contributed by atoms with Gasteiger partial charge in [-0.2, -0.15) is 0 Å². The van der Waals surface area contributed by atoms with Crippen LogP contribution in [0, 0.1) is 5.41 Å². The Bertz CT molecular complexity index is 317. The van der Waals surface area contributed by atoms with Crippen LogP contribution in [0.5, 0.6) is 0 Å². The Morgan fingerprint density at radius 1 is 1.00 bits per heavy atom. The summed E-state index contributed by atoms with van der Waals surface area (Å²) in [5.74, 6) is 0. The largest absolute Gasteiger partial charge is 0.479 e. The SMILES string of the molecule is CC(C)(C)CP(=O)(O)OP(=O)(O)OC(C)(C)C. The molecule has 2 atom stereocenters. The minimum Gasteiger partial charge on any atom is -0.324 e. The van der Waals surface area contributed by atoms with E-state index < -0.39 is 26.4 Å². The fourth-order valence-electron chi connectivity index (χ4n) is 1.15. The summed E-state index contributed by atoms with van der Waals surface area (Å²) in [5.41, 5.74) is -1.43. The van der Waals surface area contributed by atoms with Gasteiger partial charge in [-0.3, -0.25) is 9.09 Å². The molecule has 0 heterocycles. The molecule has 0 aliphatic heterocycles. The van der Waals surface area contributed by atoms with Gasteiger partial charge >= 0.3 is 15.4 Å². The standard InChI is InChI=1S/C9H22O6P2/c1-8(2,3)7-16(10,11)15-17(12,13)14-9(4,5)6/h7H2,1-6H3,(H,10,11)(H,12,13). The van der Waals surface area contributed by atoms with E-state index in [1.54, 1.807) is 41.5 Å². The lowest BCUT2D eigenvalue weighted by Crippen LogP contribution is -2.18. The highest BCUT2D eigenvalue weighted by Gasteiger charge is 2.39. The normalized spacial score (nSPS) is 20.7. The number of hydrogen-bond donors (Lipinski definition) is 2. The average molecular weight is 288 g/mol. The maximum absolute atomic E-state index is 11.7. The van der Waals surface area contributed by atoms with E-state index >= 15 is 0 Å². The Kier molecular flexibility index (Phi) is 5.21. The molecule has 0 bridgehead atoms. The smallest absolute Gasteiger partial charge is 0.324 e. The molecular formula is C9H22O6P2. The molecule has 0 spiro atoms. The zero-order valence-electron chi connectivity index (χ0n) is 11.1. The summed E-state index contributed by atoms with van der Waals surface area (Å²) >= 11 is 0. The van der Waals surface area contributed by atoms with Gasteiger partial charge in [0.1, 0.15) is 0 Å². The lowest BCUT2D eigenvalue weighted by Gasteiger charge is -2.26. The van der Waals surface area contributed by atoms with Crippen molar-refractivity contribution in [3.8, 4) is 0 Å². The van der Waals surface area contributed by atoms with Gasteiger partial charge in [0, 0.05) is 0 Å². The van der Waals surface area contributed by atoms with E-state index in [-0.39, 0.29) is 6.16 Å². The summed E-state index contributed by atoms with van der Waals surface area (Å²) in [6.07, 6.45) is -0.224. The predicted molar refractivity (Wildman–Crippen MR) is 65.9 cm³/mol. The fraction of sp³-hybridized carbons (Fsp3) is 1.00. The van der Waals surface area contributed by atoms with Crippen molar-refractivity contribution in [3.05, 3.63) is 0 Å². The van der Waals surface area contributed by atoms with E-state index in [0.717, 1.165) is 0 Å². The van der Waals surface area contributed by atoms with Crippen molar-refractivity contribution < 1.29 is 27.8 Å². The molecule has 2 N–H and O–H groups in total. The Morgan fingerprint density at radius 2 is 1.41 bits per heavy atom. The highest BCUT2D eigenvalue weighted by Crippen LogP contribution is 2.62. The van der Waals surface area contributed by atoms with Crippen LogP contribution in [0.1, 0.15) is 41.5 Å². The molecule has 104 valence electrons. The maximum Gasteiger partial charge on any atom is 0.479 e. The minimum atomic E-state index is -4.53. The first-order valence-corrected chi connectivity index (χ1v) is 8.44. The van der Waals surface area contributed by atoms with Gasteiger partial charge in [0.15, 0.2) is 0 Å². The molecule has 17 heavy (non-hydrogen) atoms. The van der Waals surface area contributed by atoms with Crippen LogP contribution in [-0.2, 0) is 18.0 Å². The summed E-state index contributed by atoms with van der Waals surface area (Å²) in [6, 6.07) is 0. The molecule has 0 aliphatic carbocycles. The molecule has 6 nitrogen and oxygen atoms in total. The van der Waals surface area contributed by atoms with Gasteiger partial charge in [-0.15, -0.1) is 0 Å². The minimum absolute atomic E-state index is 0.224. The van der Waals surface area contributed by atoms with Crippen LogP contribution in [0.4, 0.5) is 0 Å². The lowest BCUT2D eigenvalue weighted by atomic mass is 10.0. The summed E-state index contributed by atoms with van der Waals surface area (Å²) in [5, 5.41) is 0. The maximum atomic E-state index is 11.7. The third-order valence-electron chi connectivity index (χ3n) is 1.29.